The molecule has 3 N–H and O–H groups in total. The Hall–Kier alpha value is -3.03. The van der Waals surface area contributed by atoms with Crippen molar-refractivity contribution in [3.05, 3.63) is 30.6 Å². The molecule has 0 radical (unpaired) electrons. The Bertz CT molecular complexity index is 760. The minimum Gasteiger partial charge on any atom is -0.493 e. The monoisotopic (exact) mass is 344 g/mol. The number of para-hydroxylation sites is 2. The van der Waals surface area contributed by atoms with Gasteiger partial charge in [0.1, 0.15) is 12.0 Å². The van der Waals surface area contributed by atoms with E-state index in [-0.39, 0.29) is 11.8 Å². The maximum Gasteiger partial charge on any atom is 0.306 e. The Morgan fingerprint density at radius 1 is 1.24 bits per heavy atom. The van der Waals surface area contributed by atoms with E-state index in [0.29, 0.717) is 48.9 Å². The van der Waals surface area contributed by atoms with Crippen molar-refractivity contribution in [2.75, 3.05) is 30.8 Å². The van der Waals surface area contributed by atoms with Crippen LogP contribution in [0.25, 0.3) is 0 Å². The summed E-state index contributed by atoms with van der Waals surface area (Å²) in [5.74, 6) is 0.813. The number of anilines is 2. The third-order valence-electron chi connectivity index (χ3n) is 4.25. The van der Waals surface area contributed by atoms with Gasteiger partial charge in [0.05, 0.1) is 13.0 Å². The fraction of sp³-hybridized carbons (Fsp3) is 0.353. The molecule has 0 amide bonds. The second kappa shape index (κ2) is 7.25. The zero-order valence-corrected chi connectivity index (χ0v) is 13.9. The van der Waals surface area contributed by atoms with Crippen LogP contribution in [-0.4, -0.2) is 41.2 Å². The number of hydrogen-bond donors (Lipinski definition) is 2. The summed E-state index contributed by atoms with van der Waals surface area (Å²) in [6, 6.07) is 7.21. The molecule has 3 rings (SSSR count). The fourth-order valence-corrected chi connectivity index (χ4v) is 2.85. The van der Waals surface area contributed by atoms with E-state index < -0.39 is 5.97 Å². The Morgan fingerprint density at radius 2 is 1.92 bits per heavy atom. The largest absolute Gasteiger partial charge is 0.493 e. The lowest BCUT2D eigenvalue weighted by Gasteiger charge is -2.31. The summed E-state index contributed by atoms with van der Waals surface area (Å²) in [5, 5.41) is 9.11. The van der Waals surface area contributed by atoms with Gasteiger partial charge in [-0.2, -0.15) is 4.98 Å². The number of carboxylic acids is 1. The average Bonchev–Trinajstić information content (AvgIpc) is 2.64. The molecule has 1 saturated heterocycles. The minimum atomic E-state index is -0.754. The highest BCUT2D eigenvalue weighted by atomic mass is 16.5. The molecule has 8 nitrogen and oxygen atoms in total. The maximum absolute atomic E-state index is 11.1. The standard InChI is InChI=1S/C17H20N4O4/c1-24-12-4-2-3-5-13(12)25-16-14(18)15(19-10-20-16)21-8-6-11(7-9-21)17(22)23/h2-5,10-11H,6-9,18H2,1H3,(H,22,23). The number of nitrogen functional groups attached to an aromatic ring is 1. The highest BCUT2D eigenvalue weighted by Gasteiger charge is 2.27. The molecule has 0 unspecified atom stereocenters. The second-order valence-corrected chi connectivity index (χ2v) is 5.77. The number of nitrogens with zero attached hydrogens (tertiary/aromatic N) is 3. The first kappa shape index (κ1) is 16.8. The summed E-state index contributed by atoms with van der Waals surface area (Å²) in [6.07, 6.45) is 2.50. The number of aliphatic carboxylic acids is 1. The van der Waals surface area contributed by atoms with E-state index in [1.807, 2.05) is 17.0 Å². The van der Waals surface area contributed by atoms with E-state index >= 15 is 0 Å². The number of carbonyl (C=O) groups is 1. The third-order valence-corrected chi connectivity index (χ3v) is 4.25. The lowest BCUT2D eigenvalue weighted by Crippen LogP contribution is -2.37. The molecule has 0 atom stereocenters. The quantitative estimate of drug-likeness (QED) is 0.849. The molecule has 1 aromatic carbocycles. The van der Waals surface area contributed by atoms with Crippen molar-refractivity contribution in [3.63, 3.8) is 0 Å². The van der Waals surface area contributed by atoms with Crippen LogP contribution in [0.15, 0.2) is 30.6 Å². The molecule has 0 spiro atoms. The van der Waals surface area contributed by atoms with Crippen molar-refractivity contribution < 1.29 is 19.4 Å². The fourth-order valence-electron chi connectivity index (χ4n) is 2.85. The molecule has 1 fully saturated rings. The molecule has 1 aliphatic rings. The summed E-state index contributed by atoms with van der Waals surface area (Å²) in [7, 11) is 1.56. The topological polar surface area (TPSA) is 111 Å². The second-order valence-electron chi connectivity index (χ2n) is 5.77. The van der Waals surface area contributed by atoms with E-state index in [9.17, 15) is 4.79 Å². The average molecular weight is 344 g/mol. The number of methoxy groups -OCH3 is 1. The summed E-state index contributed by atoms with van der Waals surface area (Å²) >= 11 is 0. The zero-order valence-electron chi connectivity index (χ0n) is 13.9. The van der Waals surface area contributed by atoms with Crippen molar-refractivity contribution in [3.8, 4) is 17.4 Å². The number of nitrogens with two attached hydrogens (primary N) is 1. The van der Waals surface area contributed by atoms with Gasteiger partial charge in [0, 0.05) is 13.1 Å². The first-order valence-electron chi connectivity index (χ1n) is 7.99. The van der Waals surface area contributed by atoms with Crippen LogP contribution in [0.5, 0.6) is 17.4 Å². The van der Waals surface area contributed by atoms with Gasteiger partial charge < -0.3 is 25.2 Å². The predicted molar refractivity (Wildman–Crippen MR) is 92.1 cm³/mol. The van der Waals surface area contributed by atoms with Gasteiger partial charge in [0.25, 0.3) is 0 Å². The van der Waals surface area contributed by atoms with Crippen molar-refractivity contribution >= 4 is 17.5 Å². The molecular formula is C17H20N4O4. The van der Waals surface area contributed by atoms with Crippen molar-refractivity contribution in [1.82, 2.24) is 9.97 Å². The van der Waals surface area contributed by atoms with Gasteiger partial charge in [0.15, 0.2) is 17.3 Å². The predicted octanol–water partition coefficient (Wildman–Crippen LogP) is 2.16. The summed E-state index contributed by atoms with van der Waals surface area (Å²) in [5.41, 5.74) is 6.52. The number of carboxylic acid groups (broad SMARTS) is 1. The number of ether oxygens (including phenoxy) is 2. The molecule has 0 saturated carbocycles. The molecule has 8 heteroatoms. The number of piperidine rings is 1. The molecular weight excluding hydrogens is 324 g/mol. The Balaban J connectivity index is 1.80. The van der Waals surface area contributed by atoms with Gasteiger partial charge in [-0.3, -0.25) is 4.79 Å². The zero-order chi connectivity index (χ0) is 17.8. The van der Waals surface area contributed by atoms with Gasteiger partial charge in [0.2, 0.25) is 5.88 Å². The van der Waals surface area contributed by atoms with E-state index in [0.717, 1.165) is 0 Å². The van der Waals surface area contributed by atoms with Crippen LogP contribution in [0.4, 0.5) is 11.5 Å². The van der Waals surface area contributed by atoms with Crippen LogP contribution < -0.4 is 20.1 Å². The van der Waals surface area contributed by atoms with Crippen LogP contribution in [0.3, 0.4) is 0 Å². The molecule has 2 heterocycles. The van der Waals surface area contributed by atoms with Gasteiger partial charge in [-0.25, -0.2) is 4.98 Å². The lowest BCUT2D eigenvalue weighted by molar-refractivity contribution is -0.142. The molecule has 1 aliphatic heterocycles. The van der Waals surface area contributed by atoms with Gasteiger partial charge in [-0.15, -0.1) is 0 Å². The van der Waals surface area contributed by atoms with Crippen LogP contribution in [0.2, 0.25) is 0 Å². The molecule has 25 heavy (non-hydrogen) atoms. The SMILES string of the molecule is COc1ccccc1Oc1ncnc(N2CCC(C(=O)O)CC2)c1N. The van der Waals surface area contributed by atoms with E-state index in [1.54, 1.807) is 19.2 Å². The summed E-state index contributed by atoms with van der Waals surface area (Å²) < 4.78 is 11.1. The molecule has 132 valence electrons. The van der Waals surface area contributed by atoms with Gasteiger partial charge >= 0.3 is 5.97 Å². The summed E-state index contributed by atoms with van der Waals surface area (Å²) in [4.78, 5) is 21.4. The smallest absolute Gasteiger partial charge is 0.306 e. The van der Waals surface area contributed by atoms with Gasteiger partial charge in [-0.05, 0) is 25.0 Å². The Kier molecular flexibility index (Phi) is 4.87. The number of benzene rings is 1. The molecule has 0 bridgehead atoms. The van der Waals surface area contributed by atoms with Crippen LogP contribution >= 0.6 is 0 Å². The van der Waals surface area contributed by atoms with E-state index in [2.05, 4.69) is 9.97 Å². The summed E-state index contributed by atoms with van der Waals surface area (Å²) in [6.45, 7) is 1.15. The highest BCUT2D eigenvalue weighted by Crippen LogP contribution is 2.36. The first-order chi connectivity index (χ1) is 12.1. The Labute approximate surface area is 145 Å². The third kappa shape index (κ3) is 3.57. The van der Waals surface area contributed by atoms with Crippen LogP contribution in [0, 0.1) is 5.92 Å². The number of aromatic nitrogens is 2. The first-order valence-corrected chi connectivity index (χ1v) is 7.99. The van der Waals surface area contributed by atoms with E-state index in [4.69, 9.17) is 20.3 Å². The minimum absolute atomic E-state index is 0.245. The molecule has 2 aromatic rings. The number of hydrogen-bond acceptors (Lipinski definition) is 7. The molecule has 0 aliphatic carbocycles. The van der Waals surface area contributed by atoms with Crippen molar-refractivity contribution in [1.29, 1.82) is 0 Å². The Morgan fingerprint density at radius 3 is 2.56 bits per heavy atom. The number of rotatable bonds is 5. The van der Waals surface area contributed by atoms with Crippen LogP contribution in [-0.2, 0) is 4.79 Å². The lowest BCUT2D eigenvalue weighted by atomic mass is 9.97. The van der Waals surface area contributed by atoms with Crippen molar-refractivity contribution in [2.24, 2.45) is 5.92 Å². The van der Waals surface area contributed by atoms with Crippen LogP contribution in [0.1, 0.15) is 12.8 Å². The van der Waals surface area contributed by atoms with Gasteiger partial charge in [-0.1, -0.05) is 12.1 Å². The van der Waals surface area contributed by atoms with Crippen molar-refractivity contribution in [2.45, 2.75) is 12.8 Å². The highest BCUT2D eigenvalue weighted by molar-refractivity contribution is 5.72. The normalized spacial score (nSPS) is 15.0. The molecule has 1 aromatic heterocycles. The maximum atomic E-state index is 11.1. The van der Waals surface area contributed by atoms with E-state index in [1.165, 1.54) is 6.33 Å².